The Morgan fingerprint density at radius 3 is 1.58 bits per heavy atom. The van der Waals surface area contributed by atoms with Crippen molar-refractivity contribution in [2.75, 3.05) is 0 Å². The minimum Gasteiger partial charge on any atom is -0.480 e. The molecular formula is C22H40O4. The number of hydrogen-bond donors (Lipinski definition) is 2. The zero-order valence-electron chi connectivity index (χ0n) is 17.4. The molecule has 0 heterocycles. The number of carboxylic acids is 2. The van der Waals surface area contributed by atoms with Gasteiger partial charge >= 0.3 is 11.9 Å². The van der Waals surface area contributed by atoms with E-state index in [9.17, 15) is 19.8 Å². The van der Waals surface area contributed by atoms with E-state index in [1.54, 1.807) is 0 Å². The number of rotatable bonds is 12. The lowest BCUT2D eigenvalue weighted by atomic mass is 9.52. The van der Waals surface area contributed by atoms with Crippen molar-refractivity contribution in [2.45, 2.75) is 105 Å². The monoisotopic (exact) mass is 368 g/mol. The van der Waals surface area contributed by atoms with Gasteiger partial charge in [-0.25, -0.2) is 0 Å². The predicted molar refractivity (Wildman–Crippen MR) is 105 cm³/mol. The largest absolute Gasteiger partial charge is 0.480 e. The lowest BCUT2D eigenvalue weighted by Gasteiger charge is -2.49. The van der Waals surface area contributed by atoms with Gasteiger partial charge in [0.05, 0.1) is 0 Å². The summed E-state index contributed by atoms with van der Waals surface area (Å²) >= 11 is 0. The van der Waals surface area contributed by atoms with E-state index in [-0.39, 0.29) is 6.42 Å². The quantitative estimate of drug-likeness (QED) is 0.321. The highest BCUT2D eigenvalue weighted by atomic mass is 16.4. The van der Waals surface area contributed by atoms with E-state index in [0.717, 1.165) is 64.2 Å². The molecule has 0 aliphatic heterocycles. The molecule has 4 heteroatoms. The van der Waals surface area contributed by atoms with Crippen molar-refractivity contribution >= 4 is 11.9 Å². The van der Waals surface area contributed by atoms with Crippen molar-refractivity contribution in [3.63, 3.8) is 0 Å². The summed E-state index contributed by atoms with van der Waals surface area (Å²) < 4.78 is 0. The molecule has 0 aromatic rings. The lowest BCUT2D eigenvalue weighted by molar-refractivity contribution is -0.183. The number of aliphatic carboxylic acids is 2. The summed E-state index contributed by atoms with van der Waals surface area (Å²) in [6, 6.07) is 0. The molecule has 0 aromatic heterocycles. The van der Waals surface area contributed by atoms with Gasteiger partial charge in [0.1, 0.15) is 0 Å². The molecule has 1 saturated carbocycles. The molecule has 0 saturated heterocycles. The second kappa shape index (κ2) is 10.3. The van der Waals surface area contributed by atoms with Gasteiger partial charge in [-0.05, 0) is 42.9 Å². The molecule has 0 atom stereocenters. The minimum absolute atomic E-state index is 0.284. The third kappa shape index (κ3) is 5.47. The number of carbonyl (C=O) groups is 2. The molecule has 0 unspecified atom stereocenters. The van der Waals surface area contributed by atoms with Crippen LogP contribution in [0.4, 0.5) is 0 Å². The van der Waals surface area contributed by atoms with Gasteiger partial charge in [-0.1, -0.05) is 79.1 Å². The summed E-state index contributed by atoms with van der Waals surface area (Å²) in [6.45, 7) is 8.78. The Morgan fingerprint density at radius 2 is 1.19 bits per heavy atom. The number of carboxylic acid groups (broad SMARTS) is 2. The third-order valence-corrected chi connectivity index (χ3v) is 6.47. The van der Waals surface area contributed by atoms with Crippen molar-refractivity contribution < 1.29 is 19.8 Å². The van der Waals surface area contributed by atoms with E-state index < -0.39 is 22.8 Å². The van der Waals surface area contributed by atoms with Crippen LogP contribution >= 0.6 is 0 Å². The third-order valence-electron chi connectivity index (χ3n) is 6.47. The first-order valence-corrected chi connectivity index (χ1v) is 10.6. The van der Waals surface area contributed by atoms with Crippen molar-refractivity contribution in [3.05, 3.63) is 0 Å². The summed E-state index contributed by atoms with van der Waals surface area (Å²) in [5.74, 6) is -0.964. The highest BCUT2D eigenvalue weighted by molar-refractivity contribution is 5.99. The molecule has 2 N–H and O–H groups in total. The highest BCUT2D eigenvalue weighted by Gasteiger charge is 2.62. The zero-order valence-corrected chi connectivity index (χ0v) is 17.4. The molecule has 0 spiro atoms. The van der Waals surface area contributed by atoms with Crippen molar-refractivity contribution in [2.24, 2.45) is 22.7 Å². The molecule has 0 bridgehead atoms. The highest BCUT2D eigenvalue weighted by Crippen LogP contribution is 2.57. The zero-order chi connectivity index (χ0) is 19.8. The summed E-state index contributed by atoms with van der Waals surface area (Å²) in [5.41, 5.74) is -2.18. The molecule has 26 heavy (non-hydrogen) atoms. The second-order valence-electron chi connectivity index (χ2n) is 9.28. The fraction of sp³-hybridized carbons (Fsp3) is 0.909. The average Bonchev–Trinajstić information content (AvgIpc) is 2.55. The predicted octanol–water partition coefficient (Wildman–Crippen LogP) is 6.14. The minimum atomic E-state index is -1.60. The molecule has 4 nitrogen and oxygen atoms in total. The van der Waals surface area contributed by atoms with Crippen LogP contribution < -0.4 is 0 Å². The summed E-state index contributed by atoms with van der Waals surface area (Å²) in [4.78, 5) is 24.5. The van der Waals surface area contributed by atoms with E-state index in [1.807, 2.05) is 0 Å². The van der Waals surface area contributed by atoms with Crippen LogP contribution in [0.3, 0.4) is 0 Å². The van der Waals surface area contributed by atoms with Crippen LogP contribution in [0.25, 0.3) is 0 Å². The molecule has 1 aliphatic carbocycles. The Bertz CT molecular complexity index is 423. The molecular weight excluding hydrogens is 328 g/mol. The molecule has 152 valence electrons. The van der Waals surface area contributed by atoms with E-state index >= 15 is 0 Å². The van der Waals surface area contributed by atoms with Crippen LogP contribution in [-0.4, -0.2) is 22.2 Å². The Morgan fingerprint density at radius 1 is 0.769 bits per heavy atom. The molecule has 0 aromatic carbocycles. The van der Waals surface area contributed by atoms with E-state index in [2.05, 4.69) is 27.7 Å². The van der Waals surface area contributed by atoms with Gasteiger partial charge in [0.2, 0.25) is 0 Å². The standard InChI is InChI=1S/C22H40O4/c1-17(2)11-5-7-13-21(14-8-6-12-18(3)4)15-9-10-16-22(21,19(23)24)20(25)26/h17-18H,5-16H2,1-4H3,(H,23,24)(H,25,26). The summed E-state index contributed by atoms with van der Waals surface area (Å²) in [5, 5.41) is 20.0. The first-order valence-electron chi connectivity index (χ1n) is 10.6. The van der Waals surface area contributed by atoms with Crippen LogP contribution in [-0.2, 0) is 9.59 Å². The maximum Gasteiger partial charge on any atom is 0.321 e. The molecule has 1 rings (SSSR count). The van der Waals surface area contributed by atoms with Gasteiger partial charge in [0.25, 0.3) is 0 Å². The van der Waals surface area contributed by atoms with Crippen molar-refractivity contribution in [1.82, 2.24) is 0 Å². The Balaban J connectivity index is 3.01. The molecule has 0 amide bonds. The fourth-order valence-electron chi connectivity index (χ4n) is 4.92. The van der Waals surface area contributed by atoms with Crippen LogP contribution in [0, 0.1) is 22.7 Å². The SMILES string of the molecule is CC(C)CCCCC1(CCCCC(C)C)CCCCC1(C(=O)O)C(=O)O. The van der Waals surface area contributed by atoms with Crippen LogP contribution in [0.2, 0.25) is 0 Å². The Labute approximate surface area is 159 Å². The molecule has 1 aliphatic rings. The lowest BCUT2D eigenvalue weighted by Crippen LogP contribution is -2.55. The first-order chi connectivity index (χ1) is 12.2. The number of unbranched alkanes of at least 4 members (excludes halogenated alkanes) is 2. The van der Waals surface area contributed by atoms with Crippen molar-refractivity contribution in [3.8, 4) is 0 Å². The second-order valence-corrected chi connectivity index (χ2v) is 9.28. The topological polar surface area (TPSA) is 74.6 Å². The summed E-state index contributed by atoms with van der Waals surface area (Å²) in [6.07, 6.45) is 10.4. The van der Waals surface area contributed by atoms with E-state index in [0.29, 0.717) is 18.3 Å². The maximum absolute atomic E-state index is 12.2. The normalized spacial score (nSPS) is 19.0. The van der Waals surface area contributed by atoms with Gasteiger partial charge < -0.3 is 10.2 Å². The molecule has 0 radical (unpaired) electrons. The Kier molecular flexibility index (Phi) is 9.12. The number of hydrogen-bond acceptors (Lipinski definition) is 2. The van der Waals surface area contributed by atoms with Crippen LogP contribution in [0.1, 0.15) is 105 Å². The van der Waals surface area contributed by atoms with Crippen molar-refractivity contribution in [1.29, 1.82) is 0 Å². The van der Waals surface area contributed by atoms with E-state index in [1.165, 1.54) is 0 Å². The smallest absolute Gasteiger partial charge is 0.321 e. The average molecular weight is 369 g/mol. The maximum atomic E-state index is 12.2. The summed E-state index contributed by atoms with van der Waals surface area (Å²) in [7, 11) is 0. The van der Waals surface area contributed by atoms with Crippen LogP contribution in [0.5, 0.6) is 0 Å². The van der Waals surface area contributed by atoms with Crippen LogP contribution in [0.15, 0.2) is 0 Å². The van der Waals surface area contributed by atoms with Gasteiger partial charge in [0, 0.05) is 0 Å². The Hall–Kier alpha value is -1.06. The van der Waals surface area contributed by atoms with Gasteiger partial charge in [-0.2, -0.15) is 0 Å². The fourth-order valence-corrected chi connectivity index (χ4v) is 4.92. The molecule has 1 fully saturated rings. The van der Waals surface area contributed by atoms with Gasteiger partial charge in [-0.15, -0.1) is 0 Å². The van der Waals surface area contributed by atoms with E-state index in [4.69, 9.17) is 0 Å². The first kappa shape index (κ1) is 23.0. The van der Waals surface area contributed by atoms with Gasteiger partial charge in [0.15, 0.2) is 5.41 Å². The van der Waals surface area contributed by atoms with Gasteiger partial charge in [-0.3, -0.25) is 9.59 Å².